The summed E-state index contributed by atoms with van der Waals surface area (Å²) in [6, 6.07) is 0.0729. The van der Waals surface area contributed by atoms with Crippen molar-refractivity contribution in [1.29, 1.82) is 0 Å². The van der Waals surface area contributed by atoms with Crippen LogP contribution in [0.5, 0.6) is 0 Å². The molecule has 0 spiro atoms. The highest BCUT2D eigenvalue weighted by Crippen LogP contribution is 2.59. The predicted octanol–water partition coefficient (Wildman–Crippen LogP) is 2.03. The van der Waals surface area contributed by atoms with Crippen LogP contribution in [0, 0.1) is 17.8 Å². The van der Waals surface area contributed by atoms with Crippen molar-refractivity contribution in [3.8, 4) is 0 Å². The van der Waals surface area contributed by atoms with Crippen molar-refractivity contribution in [2.75, 3.05) is 6.54 Å². The van der Waals surface area contributed by atoms with E-state index in [1.54, 1.807) is 0 Å². The Morgan fingerprint density at radius 2 is 2.13 bits per heavy atom. The molecule has 6 atom stereocenters. The molecule has 0 aromatic heterocycles. The molecule has 4 aliphatic rings. The Morgan fingerprint density at radius 3 is 2.83 bits per heavy atom. The molecule has 0 saturated heterocycles. The van der Waals surface area contributed by atoms with Crippen LogP contribution in [0.1, 0.15) is 38.5 Å². The van der Waals surface area contributed by atoms with E-state index >= 15 is 0 Å². The quantitative estimate of drug-likeness (QED) is 0.308. The second kappa shape index (κ2) is 5.78. The van der Waals surface area contributed by atoms with Crippen molar-refractivity contribution in [3.05, 3.63) is 12.2 Å². The van der Waals surface area contributed by atoms with E-state index in [0.717, 1.165) is 51.4 Å². The van der Waals surface area contributed by atoms with Crippen molar-refractivity contribution in [3.63, 3.8) is 0 Å². The average Bonchev–Trinajstić information content (AvgIpc) is 3.11. The summed E-state index contributed by atoms with van der Waals surface area (Å²) >= 11 is 2.28. The van der Waals surface area contributed by atoms with Gasteiger partial charge in [-0.25, -0.2) is 16.3 Å². The number of nitrogens with zero attached hydrogens (tertiary/aromatic N) is 1. The molecule has 0 radical (unpaired) electrons. The number of hydrogen-bond acceptors (Lipinski definition) is 4. The first-order valence-corrected chi connectivity index (χ1v) is 11.1. The van der Waals surface area contributed by atoms with E-state index in [1.807, 2.05) is 0 Å². The van der Waals surface area contributed by atoms with E-state index in [2.05, 4.69) is 42.9 Å². The van der Waals surface area contributed by atoms with Crippen LogP contribution >= 0.6 is 22.9 Å². The average molecular weight is 450 g/mol. The van der Waals surface area contributed by atoms with Gasteiger partial charge in [0.1, 0.15) is 6.29 Å². The first-order valence-electron chi connectivity index (χ1n) is 8.54. The lowest BCUT2D eigenvalue weighted by Gasteiger charge is -2.43. The van der Waals surface area contributed by atoms with E-state index < -0.39 is 10.0 Å². The Bertz CT molecular complexity index is 637. The van der Waals surface area contributed by atoms with E-state index in [1.165, 1.54) is 0 Å². The third kappa shape index (κ3) is 2.71. The van der Waals surface area contributed by atoms with Crippen LogP contribution in [0.4, 0.5) is 0 Å². The van der Waals surface area contributed by atoms with Gasteiger partial charge in [-0.1, -0.05) is 18.6 Å². The van der Waals surface area contributed by atoms with E-state index in [-0.39, 0.29) is 28.7 Å². The zero-order chi connectivity index (χ0) is 16.2. The summed E-state index contributed by atoms with van der Waals surface area (Å²) in [6.07, 6.45) is 10.6. The summed E-state index contributed by atoms with van der Waals surface area (Å²) in [7, 11) is -3.36. The van der Waals surface area contributed by atoms with Crippen molar-refractivity contribution in [2.45, 2.75) is 55.4 Å². The fraction of sp³-hybridized carbons (Fsp3) is 0.812. The van der Waals surface area contributed by atoms with Gasteiger partial charge < -0.3 is 4.79 Å². The SMILES string of the molecule is O=CC1CCC2(NS(=O)(=O)C3CCCC4C=CCN(I)C43)CC12. The van der Waals surface area contributed by atoms with Crippen LogP contribution in [0.2, 0.25) is 0 Å². The van der Waals surface area contributed by atoms with Gasteiger partial charge >= 0.3 is 0 Å². The molecule has 6 unspecified atom stereocenters. The molecule has 128 valence electrons. The standard InChI is InChI=1S/C16H23IN2O3S/c17-19-8-2-4-11-3-1-5-14(15(11)19)23(21,22)18-16-7-6-12(10-20)13(16)9-16/h2,4,10-15,18H,1,3,5-9H2. The third-order valence-electron chi connectivity index (χ3n) is 6.33. The Labute approximate surface area is 151 Å². The van der Waals surface area contributed by atoms with Crippen molar-refractivity contribution < 1.29 is 13.2 Å². The van der Waals surface area contributed by atoms with Gasteiger partial charge in [-0.2, -0.15) is 0 Å². The zero-order valence-corrected chi connectivity index (χ0v) is 16.0. The number of aldehydes is 1. The van der Waals surface area contributed by atoms with Crippen LogP contribution in [0.15, 0.2) is 12.2 Å². The molecule has 0 amide bonds. The molecular weight excluding hydrogens is 427 g/mol. The topological polar surface area (TPSA) is 66.5 Å². The van der Waals surface area contributed by atoms with Crippen LogP contribution in [-0.4, -0.2) is 41.2 Å². The molecule has 0 bridgehead atoms. The van der Waals surface area contributed by atoms with Gasteiger partial charge in [0.2, 0.25) is 10.0 Å². The lowest BCUT2D eigenvalue weighted by atomic mass is 9.82. The number of nitrogens with one attached hydrogen (secondary N) is 1. The largest absolute Gasteiger partial charge is 0.303 e. The van der Waals surface area contributed by atoms with Gasteiger partial charge in [0, 0.05) is 46.9 Å². The number of carbonyl (C=O) groups is 1. The van der Waals surface area contributed by atoms with Crippen LogP contribution < -0.4 is 4.72 Å². The molecule has 3 aliphatic carbocycles. The van der Waals surface area contributed by atoms with E-state index in [9.17, 15) is 13.2 Å². The highest BCUT2D eigenvalue weighted by molar-refractivity contribution is 14.1. The monoisotopic (exact) mass is 450 g/mol. The maximum absolute atomic E-state index is 13.1. The number of hydrogen-bond donors (Lipinski definition) is 1. The number of rotatable bonds is 4. The highest BCUT2D eigenvalue weighted by atomic mass is 127. The number of halogens is 1. The van der Waals surface area contributed by atoms with Crippen LogP contribution in [0.25, 0.3) is 0 Å². The lowest BCUT2D eigenvalue weighted by Crippen LogP contribution is -2.55. The summed E-state index contributed by atoms with van der Waals surface area (Å²) in [6.45, 7) is 0.814. The number of fused-ring (bicyclic) bond motifs is 2. The maximum Gasteiger partial charge on any atom is 0.216 e. The van der Waals surface area contributed by atoms with Crippen LogP contribution in [0.3, 0.4) is 0 Å². The lowest BCUT2D eigenvalue weighted by molar-refractivity contribution is -0.111. The molecule has 3 fully saturated rings. The summed E-state index contributed by atoms with van der Waals surface area (Å²) in [4.78, 5) is 11.1. The Morgan fingerprint density at radius 1 is 1.30 bits per heavy atom. The summed E-state index contributed by atoms with van der Waals surface area (Å²) < 4.78 is 31.4. The molecule has 1 heterocycles. The molecule has 7 heteroatoms. The summed E-state index contributed by atoms with van der Waals surface area (Å²) in [5.74, 6) is 0.626. The fourth-order valence-electron chi connectivity index (χ4n) is 5.06. The van der Waals surface area contributed by atoms with Gasteiger partial charge in [0.15, 0.2) is 0 Å². The third-order valence-corrected chi connectivity index (χ3v) is 9.37. The van der Waals surface area contributed by atoms with E-state index in [0.29, 0.717) is 5.92 Å². The van der Waals surface area contributed by atoms with Crippen molar-refractivity contribution in [1.82, 2.24) is 7.84 Å². The van der Waals surface area contributed by atoms with E-state index in [4.69, 9.17) is 0 Å². The molecular formula is C16H23IN2O3S. The van der Waals surface area contributed by atoms with Gasteiger partial charge in [0.05, 0.1) is 5.25 Å². The second-order valence-corrected chi connectivity index (χ2v) is 10.7. The molecule has 0 aromatic rings. The minimum Gasteiger partial charge on any atom is -0.303 e. The van der Waals surface area contributed by atoms with Gasteiger partial charge in [0.25, 0.3) is 0 Å². The Hall–Kier alpha value is 0.01000. The smallest absolute Gasteiger partial charge is 0.216 e. The first kappa shape index (κ1) is 16.5. The molecule has 1 N–H and O–H groups in total. The minimum absolute atomic E-state index is 0.0514. The van der Waals surface area contributed by atoms with Gasteiger partial charge in [-0.15, -0.1) is 0 Å². The minimum atomic E-state index is -3.36. The molecule has 23 heavy (non-hydrogen) atoms. The molecule has 1 aliphatic heterocycles. The van der Waals surface area contributed by atoms with Crippen molar-refractivity contribution in [2.24, 2.45) is 17.8 Å². The molecule has 5 nitrogen and oxygen atoms in total. The number of carbonyl (C=O) groups excluding carboxylic acids is 1. The van der Waals surface area contributed by atoms with Crippen LogP contribution in [-0.2, 0) is 14.8 Å². The second-order valence-electron chi connectivity index (χ2n) is 7.59. The first-order chi connectivity index (χ1) is 11.0. The maximum atomic E-state index is 13.1. The number of sulfonamides is 1. The predicted molar refractivity (Wildman–Crippen MR) is 96.5 cm³/mol. The highest BCUT2D eigenvalue weighted by Gasteiger charge is 2.64. The fourth-order valence-corrected chi connectivity index (χ4v) is 8.56. The molecule has 0 aromatic carbocycles. The van der Waals surface area contributed by atoms with Gasteiger partial charge in [-0.3, -0.25) is 0 Å². The summed E-state index contributed by atoms with van der Waals surface area (Å²) in [5, 5.41) is -0.339. The Balaban J connectivity index is 1.54. The Kier molecular flexibility index (Phi) is 4.14. The molecule has 3 saturated carbocycles. The summed E-state index contributed by atoms with van der Waals surface area (Å²) in [5.41, 5.74) is -0.308. The van der Waals surface area contributed by atoms with Crippen molar-refractivity contribution >= 4 is 39.2 Å². The van der Waals surface area contributed by atoms with Gasteiger partial charge in [-0.05, 0) is 43.9 Å². The molecule has 4 rings (SSSR count). The normalized spacial score (nSPS) is 46.2. The zero-order valence-electron chi connectivity index (χ0n) is 13.0.